The molecule has 4 N–H and O–H groups in total. The van der Waals surface area contributed by atoms with Gasteiger partial charge in [0.15, 0.2) is 0 Å². The Kier molecular flexibility index (Phi) is 5.31. The number of nitrogens with two attached hydrogens (primary N) is 1. The summed E-state index contributed by atoms with van der Waals surface area (Å²) < 4.78 is 19.6. The number of carbonyl (C=O) groups excluding carboxylic acids is 1. The molecule has 7 heteroatoms. The summed E-state index contributed by atoms with van der Waals surface area (Å²) in [6.07, 6.45) is -1.09. The van der Waals surface area contributed by atoms with Gasteiger partial charge in [0.05, 0.1) is 31.0 Å². The minimum atomic E-state index is -1.12. The molecule has 2 unspecified atom stereocenters. The number of ether oxygens (including phenoxy) is 1. The van der Waals surface area contributed by atoms with Gasteiger partial charge >= 0.3 is 0 Å². The van der Waals surface area contributed by atoms with Crippen LogP contribution in [-0.2, 0) is 9.53 Å². The maximum absolute atomic E-state index is 14.1. The Hall–Kier alpha value is -0.760. The van der Waals surface area contributed by atoms with E-state index in [9.17, 15) is 9.18 Å². The zero-order valence-corrected chi connectivity index (χ0v) is 12.1. The fourth-order valence-corrected chi connectivity index (χ4v) is 2.66. The van der Waals surface area contributed by atoms with Crippen LogP contribution in [-0.4, -0.2) is 67.6 Å². The number of rotatable bonds is 3. The first kappa shape index (κ1) is 15.6. The van der Waals surface area contributed by atoms with Crippen LogP contribution in [0.25, 0.3) is 0 Å². The fourth-order valence-electron chi connectivity index (χ4n) is 2.66. The van der Waals surface area contributed by atoms with Crippen molar-refractivity contribution in [2.75, 3.05) is 26.2 Å². The molecule has 0 radical (unpaired) electrons. The molecule has 2 aliphatic heterocycles. The van der Waals surface area contributed by atoms with E-state index in [0.717, 1.165) is 0 Å². The summed E-state index contributed by atoms with van der Waals surface area (Å²) in [4.78, 5) is 13.9. The summed E-state index contributed by atoms with van der Waals surface area (Å²) >= 11 is 0. The van der Waals surface area contributed by atoms with E-state index in [1.165, 1.54) is 0 Å². The van der Waals surface area contributed by atoms with Crippen molar-refractivity contribution in [3.8, 4) is 0 Å². The summed E-state index contributed by atoms with van der Waals surface area (Å²) in [5, 5.41) is 6.14. The smallest absolute Gasteiger partial charge is 0.241 e. The number of nitrogens with one attached hydrogen (secondary N) is 2. The molecule has 0 bridgehead atoms. The standard InChI is InChI=1S/C13H25FN4O2/c1-8(2)20-11-3-4-18(7-9(11)14)13(19)10-5-17-12(15)6-16-10/h8-12,16-17H,3-7,15H2,1-2H3/t9-,10?,11+,12?/m1/s1. The van der Waals surface area contributed by atoms with Gasteiger partial charge < -0.3 is 20.7 Å². The molecule has 0 aromatic heterocycles. The van der Waals surface area contributed by atoms with Crippen LogP contribution in [0.4, 0.5) is 4.39 Å². The number of hydrogen-bond donors (Lipinski definition) is 3. The number of piperidine rings is 1. The van der Waals surface area contributed by atoms with Crippen LogP contribution in [0.5, 0.6) is 0 Å². The normalized spacial score (nSPS) is 35.4. The lowest BCUT2D eigenvalue weighted by atomic mass is 10.0. The van der Waals surface area contributed by atoms with Gasteiger partial charge in [-0.05, 0) is 20.3 Å². The lowest BCUT2D eigenvalue weighted by Crippen LogP contribution is -2.64. The molecule has 2 saturated heterocycles. The SMILES string of the molecule is CC(C)O[C@H]1CCN(C(=O)C2CNC(N)CN2)C[C@H]1F. The number of piperazine rings is 1. The highest BCUT2D eigenvalue weighted by atomic mass is 19.1. The zero-order valence-electron chi connectivity index (χ0n) is 12.1. The third kappa shape index (κ3) is 3.88. The molecule has 0 aromatic rings. The number of alkyl halides is 1. The Labute approximate surface area is 119 Å². The van der Waals surface area contributed by atoms with Crippen LogP contribution < -0.4 is 16.4 Å². The molecular weight excluding hydrogens is 263 g/mol. The molecular formula is C13H25FN4O2. The molecule has 0 saturated carbocycles. The predicted octanol–water partition coefficient (Wildman–Crippen LogP) is -0.803. The van der Waals surface area contributed by atoms with Gasteiger partial charge in [-0.2, -0.15) is 0 Å². The van der Waals surface area contributed by atoms with Gasteiger partial charge in [-0.15, -0.1) is 0 Å². The molecule has 2 aliphatic rings. The van der Waals surface area contributed by atoms with Crippen LogP contribution in [0.15, 0.2) is 0 Å². The highest BCUT2D eigenvalue weighted by molar-refractivity contribution is 5.82. The van der Waals surface area contributed by atoms with Crippen molar-refractivity contribution >= 4 is 5.91 Å². The quantitative estimate of drug-likeness (QED) is 0.633. The number of likely N-dealkylation sites (tertiary alicyclic amines) is 1. The van der Waals surface area contributed by atoms with E-state index in [-0.39, 0.29) is 30.8 Å². The van der Waals surface area contributed by atoms with Crippen LogP contribution in [0.1, 0.15) is 20.3 Å². The monoisotopic (exact) mass is 288 g/mol. The highest BCUT2D eigenvalue weighted by Crippen LogP contribution is 2.19. The molecule has 4 atom stereocenters. The van der Waals surface area contributed by atoms with Gasteiger partial charge in [0.1, 0.15) is 6.17 Å². The fraction of sp³-hybridized carbons (Fsp3) is 0.923. The van der Waals surface area contributed by atoms with E-state index in [4.69, 9.17) is 10.5 Å². The van der Waals surface area contributed by atoms with Gasteiger partial charge in [0, 0.05) is 19.6 Å². The summed E-state index contributed by atoms with van der Waals surface area (Å²) in [5.74, 6) is -0.0601. The van der Waals surface area contributed by atoms with E-state index < -0.39 is 12.3 Å². The third-order valence-corrected chi connectivity index (χ3v) is 3.71. The number of nitrogens with zero attached hydrogens (tertiary/aromatic N) is 1. The molecule has 0 aromatic carbocycles. The van der Waals surface area contributed by atoms with Crippen molar-refractivity contribution in [2.45, 2.75) is 50.9 Å². The Morgan fingerprint density at radius 3 is 2.70 bits per heavy atom. The lowest BCUT2D eigenvalue weighted by molar-refractivity contribution is -0.140. The van der Waals surface area contributed by atoms with Crippen molar-refractivity contribution in [2.24, 2.45) is 5.73 Å². The van der Waals surface area contributed by atoms with Crippen molar-refractivity contribution in [3.05, 3.63) is 0 Å². The Morgan fingerprint density at radius 2 is 2.15 bits per heavy atom. The second kappa shape index (κ2) is 6.80. The highest BCUT2D eigenvalue weighted by Gasteiger charge is 2.35. The van der Waals surface area contributed by atoms with Crippen LogP contribution >= 0.6 is 0 Å². The van der Waals surface area contributed by atoms with E-state index in [1.54, 1.807) is 4.90 Å². The maximum atomic E-state index is 14.1. The van der Waals surface area contributed by atoms with Crippen molar-refractivity contribution < 1.29 is 13.9 Å². The molecule has 2 fully saturated rings. The van der Waals surface area contributed by atoms with Crippen LogP contribution in [0.2, 0.25) is 0 Å². The first-order chi connectivity index (χ1) is 9.47. The summed E-state index contributed by atoms with van der Waals surface area (Å²) in [7, 11) is 0. The van der Waals surface area contributed by atoms with Gasteiger partial charge in [-0.1, -0.05) is 0 Å². The number of halogens is 1. The van der Waals surface area contributed by atoms with Gasteiger partial charge in [-0.25, -0.2) is 4.39 Å². The Balaban J connectivity index is 1.84. The average molecular weight is 288 g/mol. The maximum Gasteiger partial charge on any atom is 0.241 e. The summed E-state index contributed by atoms with van der Waals surface area (Å²) in [6, 6.07) is -0.315. The molecule has 20 heavy (non-hydrogen) atoms. The molecule has 0 spiro atoms. The van der Waals surface area contributed by atoms with Crippen LogP contribution in [0, 0.1) is 0 Å². The zero-order chi connectivity index (χ0) is 14.7. The predicted molar refractivity (Wildman–Crippen MR) is 73.9 cm³/mol. The third-order valence-electron chi connectivity index (χ3n) is 3.71. The van der Waals surface area contributed by atoms with E-state index in [0.29, 0.717) is 26.1 Å². The Bertz CT molecular complexity index is 334. The molecule has 6 nitrogen and oxygen atoms in total. The van der Waals surface area contributed by atoms with Gasteiger partial charge in [-0.3, -0.25) is 10.1 Å². The summed E-state index contributed by atoms with van der Waals surface area (Å²) in [6.45, 7) is 5.47. The van der Waals surface area contributed by atoms with Crippen molar-refractivity contribution in [1.29, 1.82) is 0 Å². The first-order valence-electron chi connectivity index (χ1n) is 7.28. The second-order valence-corrected chi connectivity index (χ2v) is 5.79. The first-order valence-corrected chi connectivity index (χ1v) is 7.28. The molecule has 2 heterocycles. The second-order valence-electron chi connectivity index (χ2n) is 5.79. The van der Waals surface area contributed by atoms with E-state index in [2.05, 4.69) is 10.6 Å². The Morgan fingerprint density at radius 1 is 1.40 bits per heavy atom. The van der Waals surface area contributed by atoms with Gasteiger partial charge in [0.2, 0.25) is 5.91 Å². The molecule has 0 aliphatic carbocycles. The van der Waals surface area contributed by atoms with E-state index in [1.807, 2.05) is 13.8 Å². The topological polar surface area (TPSA) is 79.6 Å². The van der Waals surface area contributed by atoms with Gasteiger partial charge in [0.25, 0.3) is 0 Å². The minimum Gasteiger partial charge on any atom is -0.372 e. The lowest BCUT2D eigenvalue weighted by Gasteiger charge is -2.38. The molecule has 116 valence electrons. The minimum absolute atomic E-state index is 0.00574. The summed E-state index contributed by atoms with van der Waals surface area (Å²) in [5.41, 5.74) is 5.69. The van der Waals surface area contributed by atoms with Crippen LogP contribution in [0.3, 0.4) is 0 Å². The van der Waals surface area contributed by atoms with E-state index >= 15 is 0 Å². The van der Waals surface area contributed by atoms with Crippen molar-refractivity contribution in [1.82, 2.24) is 15.5 Å². The largest absolute Gasteiger partial charge is 0.372 e. The molecule has 2 rings (SSSR count). The number of carbonyl (C=O) groups is 1. The number of hydrogen-bond acceptors (Lipinski definition) is 5. The average Bonchev–Trinajstić information content (AvgIpc) is 2.41. The molecule has 1 amide bonds. The van der Waals surface area contributed by atoms with Crippen molar-refractivity contribution in [3.63, 3.8) is 0 Å². The number of amides is 1.